The third kappa shape index (κ3) is 7.06. The van der Waals surface area contributed by atoms with E-state index >= 15 is 0 Å². The molecule has 196 valence electrons. The van der Waals surface area contributed by atoms with Crippen LogP contribution >= 0.6 is 11.6 Å². The summed E-state index contributed by atoms with van der Waals surface area (Å²) in [6.07, 6.45) is 4.16. The van der Waals surface area contributed by atoms with E-state index in [4.69, 9.17) is 16.6 Å². The Hall–Kier alpha value is -2.19. The molecule has 0 saturated heterocycles. The first-order valence-corrected chi connectivity index (χ1v) is 13.3. The van der Waals surface area contributed by atoms with Crippen LogP contribution in [0.4, 0.5) is 0 Å². The molecule has 1 spiro atoms. The number of carbonyl (C=O) groups excluding carboxylic acids is 3. The van der Waals surface area contributed by atoms with Crippen LogP contribution in [0.5, 0.6) is 0 Å². The van der Waals surface area contributed by atoms with Crippen LogP contribution in [0.2, 0.25) is 5.02 Å². The van der Waals surface area contributed by atoms with Crippen LogP contribution in [0.3, 0.4) is 0 Å². The second kappa shape index (κ2) is 13.2. The van der Waals surface area contributed by atoms with E-state index in [1.807, 2.05) is 29.2 Å². The zero-order valence-corrected chi connectivity index (χ0v) is 25.1. The van der Waals surface area contributed by atoms with Gasteiger partial charge in [0.1, 0.15) is 11.4 Å². The molecule has 2 aliphatic rings. The van der Waals surface area contributed by atoms with Crippen molar-refractivity contribution in [3.63, 3.8) is 0 Å². The number of carboxylic acid groups (broad SMARTS) is 1. The first kappa shape index (κ1) is 30.4. The Labute approximate surface area is 251 Å². The van der Waals surface area contributed by atoms with Crippen molar-refractivity contribution in [2.24, 2.45) is 16.8 Å². The molecule has 2 amide bonds. The van der Waals surface area contributed by atoms with E-state index in [9.17, 15) is 19.5 Å². The third-order valence-corrected chi connectivity index (χ3v) is 7.83. The molecule has 1 saturated carbocycles. The average Bonchev–Trinajstić information content (AvgIpc) is 3.13. The van der Waals surface area contributed by atoms with Crippen molar-refractivity contribution >= 4 is 35.1 Å². The Kier molecular flexibility index (Phi) is 10.6. The van der Waals surface area contributed by atoms with E-state index in [1.165, 1.54) is 0 Å². The van der Waals surface area contributed by atoms with Crippen molar-refractivity contribution in [3.8, 4) is 0 Å². The number of aliphatic imine (C=N–C) groups is 1. The molecule has 7 nitrogen and oxygen atoms in total. The number of halogens is 1. The molecule has 1 aliphatic carbocycles. The summed E-state index contributed by atoms with van der Waals surface area (Å²) in [5.41, 5.74) is 2.16. The standard InChI is InChI=1S/C29H34ClN3O4.Na/c1-19(2)21-10-14-29(15-11-21)32-26(23-4-3-5-24(30)18-23)28(37)33(29)17-13-20-6-8-22(9-7-20)27(36)31-16-12-25(34)35;/h3-9,18-19,21H,10-17H2,1-2H3,(H,31,36)(H,34,35);/q;+1/p-1. The van der Waals surface area contributed by atoms with Gasteiger partial charge in [-0.2, -0.15) is 0 Å². The summed E-state index contributed by atoms with van der Waals surface area (Å²) in [7, 11) is 0. The minimum absolute atomic E-state index is 0. The number of benzene rings is 2. The maximum Gasteiger partial charge on any atom is 1.00 e. The molecule has 0 atom stereocenters. The van der Waals surface area contributed by atoms with E-state index in [2.05, 4.69) is 19.2 Å². The van der Waals surface area contributed by atoms with Gasteiger partial charge in [0.05, 0.1) is 0 Å². The van der Waals surface area contributed by atoms with Gasteiger partial charge in [-0.1, -0.05) is 49.7 Å². The van der Waals surface area contributed by atoms with Crippen LogP contribution in [0, 0.1) is 11.8 Å². The number of amides is 2. The zero-order chi connectivity index (χ0) is 26.6. The SMILES string of the molecule is CC(C)C1CCC2(CC1)N=C(c1cccc(Cl)c1)C(=O)N2CCc1ccc(C(=O)NCCC(=O)[O-])cc1.[Na+]. The Morgan fingerprint density at radius 1 is 1.16 bits per heavy atom. The summed E-state index contributed by atoms with van der Waals surface area (Å²) in [6, 6.07) is 14.5. The molecule has 2 aromatic rings. The van der Waals surface area contributed by atoms with E-state index in [-0.39, 0.29) is 54.3 Å². The Morgan fingerprint density at radius 3 is 2.45 bits per heavy atom. The van der Waals surface area contributed by atoms with Crippen LogP contribution in [0.1, 0.15) is 67.4 Å². The molecule has 0 radical (unpaired) electrons. The maximum atomic E-state index is 13.7. The van der Waals surface area contributed by atoms with Crippen LogP contribution in [0.25, 0.3) is 0 Å². The first-order chi connectivity index (χ1) is 17.7. The summed E-state index contributed by atoms with van der Waals surface area (Å²) in [6.45, 7) is 5.06. The number of carboxylic acids is 1. The van der Waals surface area contributed by atoms with Crippen LogP contribution in [0.15, 0.2) is 53.5 Å². The summed E-state index contributed by atoms with van der Waals surface area (Å²) < 4.78 is 0. The minimum atomic E-state index is -1.20. The summed E-state index contributed by atoms with van der Waals surface area (Å²) in [5, 5.41) is 13.7. The quantitative estimate of drug-likeness (QED) is 0.467. The minimum Gasteiger partial charge on any atom is -0.550 e. The van der Waals surface area contributed by atoms with Gasteiger partial charge >= 0.3 is 29.6 Å². The number of nitrogens with one attached hydrogen (secondary N) is 1. The van der Waals surface area contributed by atoms with Gasteiger partial charge < -0.3 is 20.1 Å². The molecule has 4 rings (SSSR count). The molecule has 2 aromatic carbocycles. The molecule has 0 bridgehead atoms. The number of hydrogen-bond donors (Lipinski definition) is 1. The third-order valence-electron chi connectivity index (χ3n) is 7.60. The monoisotopic (exact) mass is 545 g/mol. The second-order valence-electron chi connectivity index (χ2n) is 10.3. The van der Waals surface area contributed by atoms with Gasteiger partial charge in [0.15, 0.2) is 0 Å². The first-order valence-electron chi connectivity index (χ1n) is 12.9. The molecule has 1 N–H and O–H groups in total. The fourth-order valence-electron chi connectivity index (χ4n) is 5.36. The number of hydrogen-bond acceptors (Lipinski definition) is 5. The summed E-state index contributed by atoms with van der Waals surface area (Å²) in [4.78, 5) is 43.4. The number of nitrogens with zero attached hydrogens (tertiary/aromatic N) is 2. The van der Waals surface area contributed by atoms with Gasteiger partial charge in [0.2, 0.25) is 0 Å². The van der Waals surface area contributed by atoms with Crippen LogP contribution in [-0.4, -0.2) is 47.1 Å². The predicted octanol–water partition coefficient (Wildman–Crippen LogP) is 0.630. The fourth-order valence-corrected chi connectivity index (χ4v) is 5.55. The normalized spacial score (nSPS) is 20.8. The van der Waals surface area contributed by atoms with Gasteiger partial charge in [-0.25, -0.2) is 0 Å². The van der Waals surface area contributed by atoms with Gasteiger partial charge in [0.25, 0.3) is 11.8 Å². The number of rotatable bonds is 9. The summed E-state index contributed by atoms with van der Waals surface area (Å²) in [5.74, 6) is -0.351. The Balaban J connectivity index is 0.00000400. The van der Waals surface area contributed by atoms with Crippen molar-refractivity contribution in [2.75, 3.05) is 13.1 Å². The zero-order valence-electron chi connectivity index (χ0n) is 22.3. The smallest absolute Gasteiger partial charge is 0.550 e. The van der Waals surface area contributed by atoms with E-state index in [0.29, 0.717) is 41.1 Å². The predicted molar refractivity (Wildman–Crippen MR) is 141 cm³/mol. The Bertz CT molecular complexity index is 1190. The summed E-state index contributed by atoms with van der Waals surface area (Å²) >= 11 is 6.22. The van der Waals surface area contributed by atoms with Crippen molar-refractivity contribution in [1.82, 2.24) is 10.2 Å². The van der Waals surface area contributed by atoms with E-state index in [1.54, 1.807) is 24.3 Å². The molecule has 38 heavy (non-hydrogen) atoms. The van der Waals surface area contributed by atoms with Crippen molar-refractivity contribution in [2.45, 2.75) is 58.0 Å². The van der Waals surface area contributed by atoms with Crippen LogP contribution < -0.4 is 40.0 Å². The molecule has 9 heteroatoms. The Morgan fingerprint density at radius 2 is 1.84 bits per heavy atom. The molecule has 1 heterocycles. The van der Waals surface area contributed by atoms with E-state index in [0.717, 1.165) is 36.8 Å². The average molecular weight is 546 g/mol. The molecule has 1 fully saturated rings. The van der Waals surface area contributed by atoms with Crippen molar-refractivity contribution in [1.29, 1.82) is 0 Å². The van der Waals surface area contributed by atoms with Gasteiger partial charge in [-0.05, 0) is 73.8 Å². The van der Waals surface area contributed by atoms with Gasteiger partial charge in [-0.3, -0.25) is 14.6 Å². The number of aliphatic carboxylic acids is 1. The van der Waals surface area contributed by atoms with Crippen molar-refractivity contribution < 1.29 is 49.0 Å². The second-order valence-corrected chi connectivity index (χ2v) is 10.8. The largest absolute Gasteiger partial charge is 1.00 e. The molecular weight excluding hydrogens is 513 g/mol. The van der Waals surface area contributed by atoms with Gasteiger partial charge in [-0.15, -0.1) is 0 Å². The van der Waals surface area contributed by atoms with E-state index < -0.39 is 11.6 Å². The molecule has 0 aromatic heterocycles. The van der Waals surface area contributed by atoms with Crippen LogP contribution in [-0.2, 0) is 16.0 Å². The molecule has 1 aliphatic heterocycles. The maximum absolute atomic E-state index is 13.7. The molecule has 0 unspecified atom stereocenters. The topological polar surface area (TPSA) is 102 Å². The molecular formula is C29H33ClN3NaO4. The van der Waals surface area contributed by atoms with Gasteiger partial charge in [0, 0.05) is 41.6 Å². The number of carbonyl (C=O) groups is 3. The van der Waals surface area contributed by atoms with Crippen molar-refractivity contribution in [3.05, 3.63) is 70.2 Å². The fraction of sp³-hybridized carbons (Fsp3) is 0.448.